The molecule has 5 rings (SSSR count). The molecule has 0 radical (unpaired) electrons. The Labute approximate surface area is 196 Å². The molecule has 0 saturated carbocycles. The molecule has 3 heterocycles. The summed E-state index contributed by atoms with van der Waals surface area (Å²) in [6.45, 7) is 1.14. The number of nitrogens with one attached hydrogen (secondary N) is 1. The fraction of sp³-hybridized carbons (Fsp3) is 0.185. The monoisotopic (exact) mass is 457 g/mol. The van der Waals surface area contributed by atoms with Gasteiger partial charge in [-0.15, -0.1) is 0 Å². The van der Waals surface area contributed by atoms with Crippen LogP contribution in [0.2, 0.25) is 0 Å². The zero-order chi connectivity index (χ0) is 23.7. The van der Waals surface area contributed by atoms with E-state index in [0.29, 0.717) is 36.5 Å². The Hall–Kier alpha value is -3.97. The molecular weight excluding hydrogens is 433 g/mol. The van der Waals surface area contributed by atoms with Crippen molar-refractivity contribution in [3.8, 4) is 16.9 Å². The SMILES string of the molecule is COc1ccc(F)cc1-c1ccnc2[nH]c(C3=CCN(C(C(=O)O)c4ccccc4)CC3)cc12. The highest BCUT2D eigenvalue weighted by molar-refractivity contribution is 5.96. The van der Waals surface area contributed by atoms with Gasteiger partial charge in [-0.2, -0.15) is 0 Å². The average molecular weight is 458 g/mol. The summed E-state index contributed by atoms with van der Waals surface area (Å²) in [7, 11) is 1.57. The van der Waals surface area contributed by atoms with Crippen LogP contribution in [0.15, 0.2) is 72.9 Å². The first-order chi connectivity index (χ1) is 16.5. The van der Waals surface area contributed by atoms with Crippen molar-refractivity contribution in [2.24, 2.45) is 0 Å². The van der Waals surface area contributed by atoms with Gasteiger partial charge in [0.05, 0.1) is 7.11 Å². The summed E-state index contributed by atoms with van der Waals surface area (Å²) in [4.78, 5) is 21.8. The Morgan fingerprint density at radius 1 is 1.15 bits per heavy atom. The number of carboxylic acid groups (broad SMARTS) is 1. The van der Waals surface area contributed by atoms with E-state index in [1.165, 1.54) is 12.1 Å². The lowest BCUT2D eigenvalue weighted by atomic mass is 9.99. The number of benzene rings is 2. The highest BCUT2D eigenvalue weighted by atomic mass is 19.1. The third-order valence-electron chi connectivity index (χ3n) is 6.28. The number of carboxylic acids is 1. The first-order valence-electron chi connectivity index (χ1n) is 11.1. The third kappa shape index (κ3) is 4.06. The van der Waals surface area contributed by atoms with Crippen LogP contribution in [0.4, 0.5) is 4.39 Å². The van der Waals surface area contributed by atoms with Gasteiger partial charge < -0.3 is 14.8 Å². The third-order valence-corrected chi connectivity index (χ3v) is 6.28. The number of carbonyl (C=O) groups is 1. The highest BCUT2D eigenvalue weighted by Crippen LogP contribution is 2.37. The second-order valence-corrected chi connectivity index (χ2v) is 8.27. The molecule has 0 aliphatic carbocycles. The summed E-state index contributed by atoms with van der Waals surface area (Å²) < 4.78 is 19.5. The number of methoxy groups -OCH3 is 1. The van der Waals surface area contributed by atoms with E-state index >= 15 is 0 Å². The van der Waals surface area contributed by atoms with E-state index in [2.05, 4.69) is 16.0 Å². The summed E-state index contributed by atoms with van der Waals surface area (Å²) in [6.07, 6.45) is 4.45. The summed E-state index contributed by atoms with van der Waals surface area (Å²) >= 11 is 0. The molecule has 0 bridgehead atoms. The quantitative estimate of drug-likeness (QED) is 0.411. The Morgan fingerprint density at radius 3 is 2.68 bits per heavy atom. The molecule has 0 amide bonds. The molecule has 4 aromatic rings. The zero-order valence-electron chi connectivity index (χ0n) is 18.7. The van der Waals surface area contributed by atoms with Gasteiger partial charge >= 0.3 is 5.97 Å². The number of rotatable bonds is 6. The molecule has 6 nitrogen and oxygen atoms in total. The summed E-state index contributed by atoms with van der Waals surface area (Å²) in [5.41, 5.74) is 5.00. The number of H-pyrrole nitrogens is 1. The number of aromatic amines is 1. The van der Waals surface area contributed by atoms with Crippen molar-refractivity contribution in [3.05, 3.63) is 90.0 Å². The molecule has 0 saturated heterocycles. The molecule has 34 heavy (non-hydrogen) atoms. The lowest BCUT2D eigenvalue weighted by Gasteiger charge is -2.31. The molecular formula is C27H24FN3O3. The van der Waals surface area contributed by atoms with Gasteiger partial charge in [-0.3, -0.25) is 9.69 Å². The van der Waals surface area contributed by atoms with Gasteiger partial charge in [-0.1, -0.05) is 36.4 Å². The second kappa shape index (κ2) is 9.11. The van der Waals surface area contributed by atoms with Crippen molar-refractivity contribution in [1.82, 2.24) is 14.9 Å². The minimum Gasteiger partial charge on any atom is -0.496 e. The number of ether oxygens (including phenoxy) is 1. The maximum absolute atomic E-state index is 14.0. The summed E-state index contributed by atoms with van der Waals surface area (Å²) in [5, 5.41) is 10.7. The fourth-order valence-electron chi connectivity index (χ4n) is 4.63. The van der Waals surface area contributed by atoms with E-state index in [1.807, 2.05) is 47.4 Å². The predicted octanol–water partition coefficient (Wildman–Crippen LogP) is 5.29. The zero-order valence-corrected chi connectivity index (χ0v) is 18.7. The summed E-state index contributed by atoms with van der Waals surface area (Å²) in [6, 6.07) is 17.0. The number of pyridine rings is 1. The molecule has 7 heteroatoms. The Morgan fingerprint density at radius 2 is 1.97 bits per heavy atom. The number of hydrogen-bond acceptors (Lipinski definition) is 4. The Kier molecular flexibility index (Phi) is 5.86. The lowest BCUT2D eigenvalue weighted by Crippen LogP contribution is -2.37. The van der Waals surface area contributed by atoms with Crippen molar-refractivity contribution in [1.29, 1.82) is 0 Å². The number of aromatic nitrogens is 2. The van der Waals surface area contributed by atoms with E-state index in [1.54, 1.807) is 19.4 Å². The van der Waals surface area contributed by atoms with Crippen molar-refractivity contribution < 1.29 is 19.0 Å². The first-order valence-corrected chi connectivity index (χ1v) is 11.1. The van der Waals surface area contributed by atoms with Crippen LogP contribution in [0.25, 0.3) is 27.7 Å². The standard InChI is InChI=1S/C27H24FN3O3/c1-34-24-8-7-19(28)15-21(24)20-9-12-29-26-22(20)16-23(30-26)17-10-13-31(14-11-17)25(27(32)33)18-5-3-2-4-6-18/h2-10,12,15-16,25H,11,13-14H2,1H3,(H,29,30)(H,32,33). The number of nitrogens with zero attached hydrogens (tertiary/aromatic N) is 2. The molecule has 0 spiro atoms. The van der Waals surface area contributed by atoms with E-state index in [0.717, 1.165) is 27.8 Å². The number of fused-ring (bicyclic) bond motifs is 1. The molecule has 172 valence electrons. The van der Waals surface area contributed by atoms with Crippen LogP contribution in [-0.4, -0.2) is 46.1 Å². The molecule has 0 fully saturated rings. The van der Waals surface area contributed by atoms with Crippen molar-refractivity contribution >= 4 is 22.6 Å². The maximum atomic E-state index is 14.0. The summed E-state index contributed by atoms with van der Waals surface area (Å²) in [5.74, 6) is -0.602. The van der Waals surface area contributed by atoms with Gasteiger partial charge in [0.2, 0.25) is 0 Å². The van der Waals surface area contributed by atoms with Gasteiger partial charge in [-0.05, 0) is 53.5 Å². The molecule has 2 aromatic heterocycles. The number of hydrogen-bond donors (Lipinski definition) is 2. The molecule has 2 N–H and O–H groups in total. The Balaban J connectivity index is 1.46. The lowest BCUT2D eigenvalue weighted by molar-refractivity contribution is -0.143. The first kappa shape index (κ1) is 21.9. The van der Waals surface area contributed by atoms with Crippen LogP contribution >= 0.6 is 0 Å². The number of halogens is 1. The minimum absolute atomic E-state index is 0.335. The van der Waals surface area contributed by atoms with Gasteiger partial charge in [-0.25, -0.2) is 9.37 Å². The molecule has 1 aliphatic heterocycles. The molecule has 1 unspecified atom stereocenters. The van der Waals surface area contributed by atoms with E-state index in [4.69, 9.17) is 4.74 Å². The van der Waals surface area contributed by atoms with Crippen LogP contribution in [0.3, 0.4) is 0 Å². The topological polar surface area (TPSA) is 78.5 Å². The average Bonchev–Trinajstić information content (AvgIpc) is 3.29. The van der Waals surface area contributed by atoms with Crippen LogP contribution in [0, 0.1) is 5.82 Å². The molecule has 1 aliphatic rings. The minimum atomic E-state index is -0.855. The van der Waals surface area contributed by atoms with Crippen LogP contribution in [0.5, 0.6) is 5.75 Å². The highest BCUT2D eigenvalue weighted by Gasteiger charge is 2.29. The van der Waals surface area contributed by atoms with Crippen molar-refractivity contribution in [3.63, 3.8) is 0 Å². The normalized spacial score (nSPS) is 15.2. The maximum Gasteiger partial charge on any atom is 0.325 e. The molecule has 1 atom stereocenters. The fourth-order valence-corrected chi connectivity index (χ4v) is 4.63. The molecule has 2 aromatic carbocycles. The smallest absolute Gasteiger partial charge is 0.325 e. The van der Waals surface area contributed by atoms with Crippen LogP contribution in [0.1, 0.15) is 23.7 Å². The second-order valence-electron chi connectivity index (χ2n) is 8.27. The van der Waals surface area contributed by atoms with Gasteiger partial charge in [0.25, 0.3) is 0 Å². The van der Waals surface area contributed by atoms with Crippen molar-refractivity contribution in [2.75, 3.05) is 20.2 Å². The van der Waals surface area contributed by atoms with Crippen molar-refractivity contribution in [2.45, 2.75) is 12.5 Å². The van der Waals surface area contributed by atoms with E-state index < -0.39 is 12.0 Å². The van der Waals surface area contributed by atoms with E-state index in [-0.39, 0.29) is 5.82 Å². The van der Waals surface area contributed by atoms with Gasteiger partial charge in [0.1, 0.15) is 23.3 Å². The predicted molar refractivity (Wildman–Crippen MR) is 129 cm³/mol. The van der Waals surface area contributed by atoms with Crippen LogP contribution < -0.4 is 4.74 Å². The van der Waals surface area contributed by atoms with E-state index in [9.17, 15) is 14.3 Å². The van der Waals surface area contributed by atoms with Gasteiger partial charge in [0.15, 0.2) is 0 Å². The largest absolute Gasteiger partial charge is 0.496 e. The van der Waals surface area contributed by atoms with Gasteiger partial charge in [0, 0.05) is 35.9 Å². The van der Waals surface area contributed by atoms with Crippen LogP contribution in [-0.2, 0) is 4.79 Å². The number of aliphatic carboxylic acids is 1. The Bertz CT molecular complexity index is 1380.